The lowest BCUT2D eigenvalue weighted by atomic mass is 9.79. The van der Waals surface area contributed by atoms with Crippen LogP contribution in [0.25, 0.3) is 11.1 Å². The zero-order chi connectivity index (χ0) is 21.0. The number of amides is 2. The number of benzene rings is 3. The first kappa shape index (κ1) is 19.9. The summed E-state index contributed by atoms with van der Waals surface area (Å²) in [5.41, 5.74) is 3.44. The van der Waals surface area contributed by atoms with Crippen molar-refractivity contribution in [2.24, 2.45) is 5.41 Å². The third kappa shape index (κ3) is 3.99. The number of nitrogens with one attached hydrogen (secondary N) is 1. The lowest BCUT2D eigenvalue weighted by molar-refractivity contribution is -0.129. The van der Waals surface area contributed by atoms with Crippen LogP contribution in [0.5, 0.6) is 0 Å². The highest BCUT2D eigenvalue weighted by atomic mass is 16.2. The molecule has 2 amide bonds. The Morgan fingerprint density at radius 3 is 2.27 bits per heavy atom. The summed E-state index contributed by atoms with van der Waals surface area (Å²) in [7, 11) is 1.67. The molecule has 0 unspecified atom stereocenters. The molecule has 1 saturated heterocycles. The van der Waals surface area contributed by atoms with Crippen molar-refractivity contribution in [3.05, 3.63) is 96.1 Å². The maximum atomic E-state index is 13.0. The van der Waals surface area contributed by atoms with Gasteiger partial charge in [0.25, 0.3) is 5.91 Å². The summed E-state index contributed by atoms with van der Waals surface area (Å²) < 4.78 is 0. The average Bonchev–Trinajstić information content (AvgIpc) is 3.24. The van der Waals surface area contributed by atoms with Crippen LogP contribution in [-0.4, -0.2) is 36.9 Å². The van der Waals surface area contributed by atoms with Gasteiger partial charge in [0.2, 0.25) is 5.91 Å². The Morgan fingerprint density at radius 1 is 0.900 bits per heavy atom. The van der Waals surface area contributed by atoms with Gasteiger partial charge in [0, 0.05) is 25.7 Å². The summed E-state index contributed by atoms with van der Waals surface area (Å²) in [5, 5.41) is 2.84. The highest BCUT2D eigenvalue weighted by Gasteiger charge is 2.45. The topological polar surface area (TPSA) is 49.4 Å². The molecule has 4 rings (SSSR count). The van der Waals surface area contributed by atoms with Gasteiger partial charge in [-0.15, -0.1) is 0 Å². The quantitative estimate of drug-likeness (QED) is 0.701. The van der Waals surface area contributed by atoms with Crippen molar-refractivity contribution in [1.82, 2.24) is 10.2 Å². The van der Waals surface area contributed by atoms with E-state index >= 15 is 0 Å². The minimum Gasteiger partial charge on any atom is -0.359 e. The van der Waals surface area contributed by atoms with Crippen LogP contribution in [0.1, 0.15) is 22.3 Å². The van der Waals surface area contributed by atoms with Gasteiger partial charge in [-0.05, 0) is 41.7 Å². The van der Waals surface area contributed by atoms with E-state index in [2.05, 4.69) is 35.6 Å². The molecule has 0 radical (unpaired) electrons. The van der Waals surface area contributed by atoms with Crippen molar-refractivity contribution in [2.45, 2.75) is 12.8 Å². The fourth-order valence-electron chi connectivity index (χ4n) is 4.37. The van der Waals surface area contributed by atoms with Gasteiger partial charge in [-0.1, -0.05) is 72.8 Å². The van der Waals surface area contributed by atoms with Crippen LogP contribution in [0.3, 0.4) is 0 Å². The third-order valence-electron chi connectivity index (χ3n) is 5.95. The molecule has 1 N–H and O–H groups in total. The Kier molecular flexibility index (Phi) is 5.66. The first-order valence-electron chi connectivity index (χ1n) is 10.3. The first-order valence-corrected chi connectivity index (χ1v) is 10.3. The summed E-state index contributed by atoms with van der Waals surface area (Å²) in [6.45, 7) is 1.01. The Hall–Kier alpha value is -3.40. The van der Waals surface area contributed by atoms with Crippen molar-refractivity contribution < 1.29 is 9.59 Å². The van der Waals surface area contributed by atoms with Gasteiger partial charge < -0.3 is 10.2 Å². The summed E-state index contributed by atoms with van der Waals surface area (Å²) in [6.07, 6.45) is 1.26. The second-order valence-corrected chi connectivity index (χ2v) is 7.95. The van der Waals surface area contributed by atoms with Crippen molar-refractivity contribution in [3.8, 4) is 11.1 Å². The van der Waals surface area contributed by atoms with Crippen LogP contribution in [0.4, 0.5) is 0 Å². The molecule has 1 heterocycles. The molecule has 1 fully saturated rings. The SMILES string of the molecule is CNC(=O)[C@]1(Cc2cccc(-c3ccccc3)c2)CCN(C(=O)c2ccccc2)C1. The molecule has 0 aliphatic carbocycles. The lowest BCUT2D eigenvalue weighted by Gasteiger charge is -2.28. The second-order valence-electron chi connectivity index (χ2n) is 7.95. The Bertz CT molecular complexity index is 1030. The van der Waals surface area contributed by atoms with Crippen LogP contribution in [0.2, 0.25) is 0 Å². The Balaban J connectivity index is 1.59. The van der Waals surface area contributed by atoms with Gasteiger partial charge in [0.15, 0.2) is 0 Å². The molecule has 3 aromatic rings. The zero-order valence-electron chi connectivity index (χ0n) is 17.2. The Labute approximate surface area is 177 Å². The molecule has 0 bridgehead atoms. The number of rotatable bonds is 5. The molecule has 1 aliphatic rings. The van der Waals surface area contributed by atoms with E-state index < -0.39 is 5.41 Å². The second kappa shape index (κ2) is 8.54. The fourth-order valence-corrected chi connectivity index (χ4v) is 4.37. The number of carbonyl (C=O) groups is 2. The van der Waals surface area contributed by atoms with E-state index in [9.17, 15) is 9.59 Å². The largest absolute Gasteiger partial charge is 0.359 e. The van der Waals surface area contributed by atoms with E-state index in [-0.39, 0.29) is 11.8 Å². The van der Waals surface area contributed by atoms with Crippen LogP contribution < -0.4 is 5.32 Å². The smallest absolute Gasteiger partial charge is 0.253 e. The van der Waals surface area contributed by atoms with Gasteiger partial charge in [0.05, 0.1) is 5.41 Å². The van der Waals surface area contributed by atoms with Gasteiger partial charge >= 0.3 is 0 Å². The summed E-state index contributed by atoms with van der Waals surface area (Å²) >= 11 is 0. The molecule has 4 heteroatoms. The predicted octanol–water partition coefficient (Wildman–Crippen LogP) is 4.17. The van der Waals surface area contributed by atoms with E-state index in [0.29, 0.717) is 31.5 Å². The van der Waals surface area contributed by atoms with Crippen LogP contribution in [-0.2, 0) is 11.2 Å². The molecule has 152 valence electrons. The van der Waals surface area contributed by atoms with Crippen LogP contribution in [0, 0.1) is 5.41 Å². The first-order chi connectivity index (χ1) is 14.6. The minimum absolute atomic E-state index is 0.00373. The maximum absolute atomic E-state index is 13.0. The number of carbonyl (C=O) groups excluding carboxylic acids is 2. The van der Waals surface area contributed by atoms with E-state index in [1.807, 2.05) is 59.5 Å². The lowest BCUT2D eigenvalue weighted by Crippen LogP contribution is -2.44. The van der Waals surface area contributed by atoms with Crippen molar-refractivity contribution >= 4 is 11.8 Å². The molecule has 0 aromatic heterocycles. The fraction of sp³-hybridized carbons (Fsp3) is 0.231. The van der Waals surface area contributed by atoms with Gasteiger partial charge in [-0.3, -0.25) is 9.59 Å². The predicted molar refractivity (Wildman–Crippen MR) is 119 cm³/mol. The molecule has 4 nitrogen and oxygen atoms in total. The molecule has 0 saturated carbocycles. The number of nitrogens with zero attached hydrogens (tertiary/aromatic N) is 1. The highest BCUT2D eigenvalue weighted by Crippen LogP contribution is 2.36. The Morgan fingerprint density at radius 2 is 1.57 bits per heavy atom. The standard InChI is InChI=1S/C26H26N2O2/c1-27-25(30)26(15-16-28(19-26)24(29)22-12-6-3-7-13-22)18-20-9-8-14-23(17-20)21-10-4-2-5-11-21/h2-14,17H,15-16,18-19H2,1H3,(H,27,30)/t26-/m0/s1. The minimum atomic E-state index is -0.617. The van der Waals surface area contributed by atoms with E-state index in [1.54, 1.807) is 7.05 Å². The van der Waals surface area contributed by atoms with E-state index in [1.165, 1.54) is 0 Å². The number of likely N-dealkylation sites (tertiary alicyclic amines) is 1. The van der Waals surface area contributed by atoms with Gasteiger partial charge in [-0.2, -0.15) is 0 Å². The van der Waals surface area contributed by atoms with Crippen molar-refractivity contribution in [2.75, 3.05) is 20.1 Å². The normalized spacial score (nSPS) is 18.2. The van der Waals surface area contributed by atoms with E-state index in [4.69, 9.17) is 0 Å². The number of hydrogen-bond donors (Lipinski definition) is 1. The van der Waals surface area contributed by atoms with Crippen molar-refractivity contribution in [3.63, 3.8) is 0 Å². The number of hydrogen-bond acceptors (Lipinski definition) is 2. The summed E-state index contributed by atoms with van der Waals surface area (Å²) in [4.78, 5) is 27.7. The van der Waals surface area contributed by atoms with Gasteiger partial charge in [0.1, 0.15) is 0 Å². The van der Waals surface area contributed by atoms with E-state index in [0.717, 1.165) is 16.7 Å². The average molecular weight is 399 g/mol. The molecule has 0 spiro atoms. The van der Waals surface area contributed by atoms with Crippen LogP contribution >= 0.6 is 0 Å². The zero-order valence-corrected chi connectivity index (χ0v) is 17.2. The highest BCUT2D eigenvalue weighted by molar-refractivity contribution is 5.95. The molecule has 3 aromatic carbocycles. The maximum Gasteiger partial charge on any atom is 0.253 e. The molecule has 1 aliphatic heterocycles. The summed E-state index contributed by atoms with van der Waals surface area (Å²) in [6, 6.07) is 27.9. The van der Waals surface area contributed by atoms with Crippen molar-refractivity contribution in [1.29, 1.82) is 0 Å². The summed E-state index contributed by atoms with van der Waals surface area (Å²) in [5.74, 6) is -0.0182. The van der Waals surface area contributed by atoms with Crippen LogP contribution in [0.15, 0.2) is 84.9 Å². The molecule has 1 atom stereocenters. The third-order valence-corrected chi connectivity index (χ3v) is 5.95. The molecular weight excluding hydrogens is 372 g/mol. The molecule has 30 heavy (non-hydrogen) atoms. The molecular formula is C26H26N2O2. The van der Waals surface area contributed by atoms with Gasteiger partial charge in [-0.25, -0.2) is 0 Å². The monoisotopic (exact) mass is 398 g/mol.